The summed E-state index contributed by atoms with van der Waals surface area (Å²) in [6.45, 7) is 0.256. The second kappa shape index (κ2) is 10.6. The van der Waals surface area contributed by atoms with E-state index >= 15 is 0 Å². The lowest BCUT2D eigenvalue weighted by atomic mass is 9.81. The molecule has 0 amide bonds. The smallest absolute Gasteiger partial charge is 0.348 e. The van der Waals surface area contributed by atoms with Gasteiger partial charge in [-0.05, 0) is 76.9 Å². The highest BCUT2D eigenvalue weighted by Crippen LogP contribution is 2.54. The zero-order chi connectivity index (χ0) is 27.0. The summed E-state index contributed by atoms with van der Waals surface area (Å²) in [5.74, 6) is -0.705. The molecule has 2 aromatic heterocycles. The molecule has 0 radical (unpaired) electrons. The van der Waals surface area contributed by atoms with Gasteiger partial charge in [0.25, 0.3) is 5.56 Å². The largest absolute Gasteiger partial charge is 0.465 e. The Hall–Kier alpha value is -3.07. The number of hydrogen-bond acceptors (Lipinski definition) is 7. The summed E-state index contributed by atoms with van der Waals surface area (Å²) in [7, 11) is 2.84. The first-order valence-electron chi connectivity index (χ1n) is 12.5. The van der Waals surface area contributed by atoms with Crippen molar-refractivity contribution in [3.8, 4) is 11.1 Å². The van der Waals surface area contributed by atoms with Gasteiger partial charge in [0.2, 0.25) is 0 Å². The molecule has 2 aliphatic rings. The van der Waals surface area contributed by atoms with Crippen molar-refractivity contribution in [1.29, 1.82) is 0 Å². The predicted octanol–water partition coefficient (Wildman–Crippen LogP) is 5.32. The molecule has 2 heterocycles. The first kappa shape index (κ1) is 26.5. The molecule has 1 fully saturated rings. The third-order valence-electron chi connectivity index (χ3n) is 7.52. The summed E-state index contributed by atoms with van der Waals surface area (Å²) in [6, 6.07) is 7.90. The topological polar surface area (TPSA) is 91.7 Å². The zero-order valence-electron chi connectivity index (χ0n) is 21.3. The summed E-state index contributed by atoms with van der Waals surface area (Å²) in [6.07, 6.45) is 5.00. The number of rotatable bonds is 8. The van der Waals surface area contributed by atoms with Crippen molar-refractivity contribution >= 4 is 40.5 Å². The molecule has 0 bridgehead atoms. The standard InChI is InChI=1S/C29H28ClNO6S/c1-36-8-5-23(24(32)9-17-10-26(38-16-17)28(35)37-2)31-15-22-21(12-27(31)34)20-11-19(30)4-3-18(20)13-29(6-7-29)14-25(22)33/h3-4,10-12,15-16,23H,5-9,13-14H2,1-2H3. The van der Waals surface area contributed by atoms with Crippen molar-refractivity contribution in [2.24, 2.45) is 5.41 Å². The number of aromatic nitrogens is 1. The second-order valence-corrected chi connectivity index (χ2v) is 11.5. The van der Waals surface area contributed by atoms with E-state index in [1.165, 1.54) is 36.2 Å². The minimum Gasteiger partial charge on any atom is -0.465 e. The van der Waals surface area contributed by atoms with Crippen LogP contribution in [0.3, 0.4) is 0 Å². The molecular formula is C29H28ClNO6S. The van der Waals surface area contributed by atoms with Gasteiger partial charge < -0.3 is 14.0 Å². The Balaban J connectivity index is 1.55. The van der Waals surface area contributed by atoms with E-state index < -0.39 is 12.0 Å². The van der Waals surface area contributed by atoms with Crippen LogP contribution in [0.1, 0.15) is 62.9 Å². The lowest BCUT2D eigenvalue weighted by molar-refractivity contribution is -0.122. The number of nitrogens with zero attached hydrogens (tertiary/aromatic N) is 1. The molecule has 5 rings (SSSR count). The van der Waals surface area contributed by atoms with Crippen LogP contribution in [-0.4, -0.2) is 42.9 Å². The normalized spacial score (nSPS) is 16.2. The Bertz CT molecular complexity index is 1480. The van der Waals surface area contributed by atoms with Crippen LogP contribution in [0.25, 0.3) is 11.1 Å². The Morgan fingerprint density at radius 1 is 1.08 bits per heavy atom. The highest BCUT2D eigenvalue weighted by Gasteiger charge is 2.46. The quantitative estimate of drug-likeness (QED) is 0.351. The first-order chi connectivity index (χ1) is 18.2. The fraction of sp³-hybridized carbons (Fsp3) is 0.379. The molecule has 198 valence electrons. The van der Waals surface area contributed by atoms with Crippen LogP contribution < -0.4 is 5.56 Å². The van der Waals surface area contributed by atoms with Crippen molar-refractivity contribution in [3.05, 3.63) is 78.9 Å². The summed E-state index contributed by atoms with van der Waals surface area (Å²) in [4.78, 5) is 52.8. The molecule has 3 aromatic rings. The van der Waals surface area contributed by atoms with E-state index in [9.17, 15) is 19.2 Å². The van der Waals surface area contributed by atoms with Crippen molar-refractivity contribution < 1.29 is 23.9 Å². The zero-order valence-corrected chi connectivity index (χ0v) is 22.8. The lowest BCUT2D eigenvalue weighted by Crippen LogP contribution is -2.32. The number of Topliss-reactive ketones (excluding diaryl/α,β-unsaturated/α-hetero) is 2. The fourth-order valence-corrected chi connectivity index (χ4v) is 6.30. The Morgan fingerprint density at radius 2 is 1.87 bits per heavy atom. The summed E-state index contributed by atoms with van der Waals surface area (Å²) in [5.41, 5.74) is 3.09. The van der Waals surface area contributed by atoms with Gasteiger partial charge in [-0.2, -0.15) is 0 Å². The van der Waals surface area contributed by atoms with Gasteiger partial charge in [-0.3, -0.25) is 14.4 Å². The Labute approximate surface area is 229 Å². The van der Waals surface area contributed by atoms with Crippen LogP contribution in [0.15, 0.2) is 46.7 Å². The van der Waals surface area contributed by atoms with Gasteiger partial charge in [-0.15, -0.1) is 11.3 Å². The molecular weight excluding hydrogens is 526 g/mol. The predicted molar refractivity (Wildman–Crippen MR) is 145 cm³/mol. The van der Waals surface area contributed by atoms with E-state index in [0.717, 1.165) is 30.4 Å². The van der Waals surface area contributed by atoms with Crippen molar-refractivity contribution in [2.45, 2.75) is 44.6 Å². The number of benzene rings is 1. The second-order valence-electron chi connectivity index (χ2n) is 10.2. The number of carbonyl (C=O) groups is 3. The van der Waals surface area contributed by atoms with Gasteiger partial charge in [0, 0.05) is 49.4 Å². The maximum atomic E-state index is 13.6. The van der Waals surface area contributed by atoms with Crippen LogP contribution in [0, 0.1) is 5.41 Å². The fourth-order valence-electron chi connectivity index (χ4n) is 5.30. The summed E-state index contributed by atoms with van der Waals surface area (Å²) >= 11 is 7.53. The van der Waals surface area contributed by atoms with Crippen LogP contribution in [0.5, 0.6) is 0 Å². The number of hydrogen-bond donors (Lipinski definition) is 0. The average Bonchev–Trinajstić information content (AvgIpc) is 3.48. The van der Waals surface area contributed by atoms with E-state index in [1.807, 2.05) is 18.2 Å². The molecule has 1 unspecified atom stereocenters. The average molecular weight is 554 g/mol. The van der Waals surface area contributed by atoms with Gasteiger partial charge in [0.15, 0.2) is 11.6 Å². The molecule has 1 saturated carbocycles. The number of thiophene rings is 1. The molecule has 38 heavy (non-hydrogen) atoms. The van der Waals surface area contributed by atoms with Crippen LogP contribution in [-0.2, 0) is 27.1 Å². The third-order valence-corrected chi connectivity index (χ3v) is 8.72. The number of pyridine rings is 1. The minimum atomic E-state index is -0.832. The maximum absolute atomic E-state index is 13.6. The van der Waals surface area contributed by atoms with E-state index in [4.69, 9.17) is 21.1 Å². The number of halogens is 1. The number of esters is 1. The Morgan fingerprint density at radius 3 is 2.58 bits per heavy atom. The van der Waals surface area contributed by atoms with E-state index in [2.05, 4.69) is 0 Å². The number of ketones is 2. The van der Waals surface area contributed by atoms with E-state index in [-0.39, 0.29) is 42.0 Å². The monoisotopic (exact) mass is 553 g/mol. The van der Waals surface area contributed by atoms with Crippen LogP contribution in [0.2, 0.25) is 5.02 Å². The first-order valence-corrected chi connectivity index (χ1v) is 13.7. The number of methoxy groups -OCH3 is 2. The summed E-state index contributed by atoms with van der Waals surface area (Å²) < 4.78 is 11.4. The van der Waals surface area contributed by atoms with Crippen molar-refractivity contribution in [2.75, 3.05) is 20.8 Å². The van der Waals surface area contributed by atoms with E-state index in [0.29, 0.717) is 33.0 Å². The Kier molecular flexibility index (Phi) is 7.40. The third kappa shape index (κ3) is 5.25. The maximum Gasteiger partial charge on any atom is 0.348 e. The van der Waals surface area contributed by atoms with Gasteiger partial charge in [0.1, 0.15) is 4.88 Å². The van der Waals surface area contributed by atoms with Gasteiger partial charge in [0.05, 0.1) is 13.2 Å². The molecule has 1 atom stereocenters. The molecule has 2 aliphatic carbocycles. The van der Waals surface area contributed by atoms with Gasteiger partial charge >= 0.3 is 5.97 Å². The highest BCUT2D eigenvalue weighted by atomic mass is 35.5. The number of ether oxygens (including phenoxy) is 2. The highest BCUT2D eigenvalue weighted by molar-refractivity contribution is 7.12. The molecule has 0 saturated heterocycles. The minimum absolute atomic E-state index is 0.0287. The van der Waals surface area contributed by atoms with Crippen LogP contribution >= 0.6 is 22.9 Å². The lowest BCUT2D eigenvalue weighted by Gasteiger charge is -2.25. The molecule has 7 nitrogen and oxygen atoms in total. The number of fused-ring (bicyclic) bond motifs is 3. The van der Waals surface area contributed by atoms with E-state index in [1.54, 1.807) is 17.6 Å². The molecule has 0 N–H and O–H groups in total. The van der Waals surface area contributed by atoms with Crippen LogP contribution in [0.4, 0.5) is 0 Å². The van der Waals surface area contributed by atoms with Gasteiger partial charge in [-0.1, -0.05) is 17.7 Å². The van der Waals surface area contributed by atoms with Crippen molar-refractivity contribution in [3.63, 3.8) is 0 Å². The van der Waals surface area contributed by atoms with Gasteiger partial charge in [-0.25, -0.2) is 4.79 Å². The summed E-state index contributed by atoms with van der Waals surface area (Å²) in [5, 5.41) is 2.27. The molecule has 1 spiro atoms. The van der Waals surface area contributed by atoms with Crippen molar-refractivity contribution in [1.82, 2.24) is 4.57 Å². The molecule has 9 heteroatoms. The molecule has 1 aromatic carbocycles. The number of carbonyl (C=O) groups excluding carboxylic acids is 3. The SMILES string of the molecule is COCCC(C(=O)Cc1csc(C(=O)OC)c1)n1cc2c(cc1=O)-c1cc(Cl)ccc1CC1(CC1)CC2=O. The molecule has 0 aliphatic heterocycles.